The molecule has 1 N–H and O–H groups in total. The SMILES string of the molecule is Cc1cccc(Cl)c1NC1CC(c2ccc(F)cc2)C1. The molecule has 2 aromatic rings. The van der Waals surface area contributed by atoms with Crippen molar-refractivity contribution < 1.29 is 4.39 Å². The predicted octanol–water partition coefficient (Wildman–Crippen LogP) is 5.15. The first-order valence-electron chi connectivity index (χ1n) is 6.90. The van der Waals surface area contributed by atoms with Crippen molar-refractivity contribution in [1.82, 2.24) is 0 Å². The van der Waals surface area contributed by atoms with E-state index >= 15 is 0 Å². The molecule has 2 aromatic carbocycles. The molecule has 0 amide bonds. The summed E-state index contributed by atoms with van der Waals surface area (Å²) in [6.07, 6.45) is 2.13. The van der Waals surface area contributed by atoms with Gasteiger partial charge in [-0.2, -0.15) is 0 Å². The van der Waals surface area contributed by atoms with Crippen LogP contribution in [0.3, 0.4) is 0 Å². The summed E-state index contributed by atoms with van der Waals surface area (Å²) >= 11 is 6.22. The Morgan fingerprint density at radius 2 is 1.80 bits per heavy atom. The van der Waals surface area contributed by atoms with Crippen LogP contribution in [0.15, 0.2) is 42.5 Å². The van der Waals surface area contributed by atoms with Crippen LogP contribution in [0.4, 0.5) is 10.1 Å². The minimum absolute atomic E-state index is 0.172. The molecular formula is C17H17ClFN. The fourth-order valence-electron chi connectivity index (χ4n) is 2.76. The number of benzene rings is 2. The van der Waals surface area contributed by atoms with Crippen molar-refractivity contribution in [2.24, 2.45) is 0 Å². The molecule has 0 unspecified atom stereocenters. The minimum Gasteiger partial charge on any atom is -0.381 e. The number of para-hydroxylation sites is 1. The van der Waals surface area contributed by atoms with Gasteiger partial charge in [0, 0.05) is 6.04 Å². The molecule has 0 spiro atoms. The highest BCUT2D eigenvalue weighted by Gasteiger charge is 2.30. The maximum atomic E-state index is 12.9. The summed E-state index contributed by atoms with van der Waals surface area (Å²) in [5.41, 5.74) is 3.43. The number of hydrogen-bond donors (Lipinski definition) is 1. The Balaban J connectivity index is 1.62. The van der Waals surface area contributed by atoms with E-state index in [1.807, 2.05) is 24.3 Å². The van der Waals surface area contributed by atoms with Crippen LogP contribution in [0.1, 0.15) is 29.9 Å². The summed E-state index contributed by atoms with van der Waals surface area (Å²) in [7, 11) is 0. The lowest BCUT2D eigenvalue weighted by atomic mass is 9.76. The average molecular weight is 290 g/mol. The van der Waals surface area contributed by atoms with Gasteiger partial charge < -0.3 is 5.32 Å². The fourth-order valence-corrected chi connectivity index (χ4v) is 3.04. The van der Waals surface area contributed by atoms with Gasteiger partial charge in [-0.25, -0.2) is 4.39 Å². The van der Waals surface area contributed by atoms with E-state index in [9.17, 15) is 4.39 Å². The predicted molar refractivity (Wildman–Crippen MR) is 82.0 cm³/mol. The Labute approximate surface area is 123 Å². The van der Waals surface area contributed by atoms with Crippen LogP contribution in [-0.2, 0) is 0 Å². The van der Waals surface area contributed by atoms with E-state index in [0.717, 1.165) is 23.6 Å². The van der Waals surface area contributed by atoms with Crippen molar-refractivity contribution >= 4 is 17.3 Å². The molecule has 0 atom stereocenters. The molecule has 0 heterocycles. The van der Waals surface area contributed by atoms with E-state index in [1.165, 1.54) is 23.3 Å². The van der Waals surface area contributed by atoms with Crippen LogP contribution >= 0.6 is 11.6 Å². The zero-order chi connectivity index (χ0) is 14.1. The second-order valence-electron chi connectivity index (χ2n) is 5.49. The first-order chi connectivity index (χ1) is 9.63. The van der Waals surface area contributed by atoms with Crippen LogP contribution in [0.25, 0.3) is 0 Å². The Bertz CT molecular complexity index is 583. The van der Waals surface area contributed by atoms with Gasteiger partial charge in [-0.15, -0.1) is 0 Å². The van der Waals surface area contributed by atoms with E-state index in [-0.39, 0.29) is 5.82 Å². The van der Waals surface area contributed by atoms with E-state index < -0.39 is 0 Å². The maximum Gasteiger partial charge on any atom is 0.123 e. The lowest BCUT2D eigenvalue weighted by Gasteiger charge is -2.37. The highest BCUT2D eigenvalue weighted by Crippen LogP contribution is 2.40. The second-order valence-corrected chi connectivity index (χ2v) is 5.90. The molecule has 3 rings (SSSR count). The zero-order valence-electron chi connectivity index (χ0n) is 11.4. The molecule has 20 heavy (non-hydrogen) atoms. The third-order valence-corrected chi connectivity index (χ3v) is 4.36. The quantitative estimate of drug-likeness (QED) is 0.824. The van der Waals surface area contributed by atoms with Crippen LogP contribution in [0.5, 0.6) is 0 Å². The number of hydrogen-bond acceptors (Lipinski definition) is 1. The first-order valence-corrected chi connectivity index (χ1v) is 7.28. The maximum absolute atomic E-state index is 12.9. The van der Waals surface area contributed by atoms with Crippen LogP contribution < -0.4 is 5.32 Å². The first kappa shape index (κ1) is 13.4. The van der Waals surface area contributed by atoms with Crippen molar-refractivity contribution in [3.05, 3.63) is 64.4 Å². The molecule has 0 radical (unpaired) electrons. The van der Waals surface area contributed by atoms with Crippen molar-refractivity contribution in [2.75, 3.05) is 5.32 Å². The zero-order valence-corrected chi connectivity index (χ0v) is 12.1. The molecular weight excluding hydrogens is 273 g/mol. The van der Waals surface area contributed by atoms with Crippen LogP contribution in [0, 0.1) is 12.7 Å². The van der Waals surface area contributed by atoms with Crippen molar-refractivity contribution in [3.8, 4) is 0 Å². The van der Waals surface area contributed by atoms with Gasteiger partial charge >= 0.3 is 0 Å². The molecule has 1 fully saturated rings. The average Bonchev–Trinajstić information content (AvgIpc) is 2.38. The normalized spacial score (nSPS) is 21.4. The lowest BCUT2D eigenvalue weighted by Crippen LogP contribution is -2.34. The summed E-state index contributed by atoms with van der Waals surface area (Å²) in [4.78, 5) is 0. The number of nitrogens with one attached hydrogen (secondary N) is 1. The molecule has 104 valence electrons. The van der Waals surface area contributed by atoms with Gasteiger partial charge in [0.2, 0.25) is 0 Å². The van der Waals surface area contributed by atoms with Crippen molar-refractivity contribution in [3.63, 3.8) is 0 Å². The van der Waals surface area contributed by atoms with Gasteiger partial charge in [0.25, 0.3) is 0 Å². The number of rotatable bonds is 3. The molecule has 0 aliphatic heterocycles. The largest absolute Gasteiger partial charge is 0.381 e. The molecule has 0 aromatic heterocycles. The van der Waals surface area contributed by atoms with Crippen molar-refractivity contribution in [2.45, 2.75) is 31.7 Å². The topological polar surface area (TPSA) is 12.0 Å². The Kier molecular flexibility index (Phi) is 3.66. The molecule has 1 nitrogen and oxygen atoms in total. The molecule has 0 bridgehead atoms. The van der Waals surface area contributed by atoms with Gasteiger partial charge in [-0.1, -0.05) is 35.9 Å². The summed E-state index contributed by atoms with van der Waals surface area (Å²) in [6, 6.07) is 13.2. The van der Waals surface area contributed by atoms with Crippen LogP contribution in [0.2, 0.25) is 5.02 Å². The molecule has 1 saturated carbocycles. The van der Waals surface area contributed by atoms with Gasteiger partial charge in [0.1, 0.15) is 5.82 Å². The van der Waals surface area contributed by atoms with Gasteiger partial charge in [0.15, 0.2) is 0 Å². The number of halogens is 2. The Hall–Kier alpha value is -1.54. The fraction of sp³-hybridized carbons (Fsp3) is 0.294. The second kappa shape index (κ2) is 5.45. The van der Waals surface area contributed by atoms with E-state index in [0.29, 0.717) is 12.0 Å². The van der Waals surface area contributed by atoms with Gasteiger partial charge in [-0.3, -0.25) is 0 Å². The third-order valence-electron chi connectivity index (χ3n) is 4.05. The number of anilines is 1. The van der Waals surface area contributed by atoms with E-state index in [4.69, 9.17) is 11.6 Å². The summed E-state index contributed by atoms with van der Waals surface area (Å²) < 4.78 is 12.9. The Morgan fingerprint density at radius 3 is 2.45 bits per heavy atom. The van der Waals surface area contributed by atoms with Gasteiger partial charge in [-0.05, 0) is 55.0 Å². The monoisotopic (exact) mass is 289 g/mol. The molecule has 0 saturated heterocycles. The van der Waals surface area contributed by atoms with E-state index in [1.54, 1.807) is 0 Å². The highest BCUT2D eigenvalue weighted by molar-refractivity contribution is 6.33. The minimum atomic E-state index is -0.172. The van der Waals surface area contributed by atoms with Gasteiger partial charge in [0.05, 0.1) is 10.7 Å². The third kappa shape index (κ3) is 2.66. The molecule has 1 aliphatic carbocycles. The van der Waals surface area contributed by atoms with E-state index in [2.05, 4.69) is 18.3 Å². The lowest BCUT2D eigenvalue weighted by molar-refractivity contribution is 0.374. The highest BCUT2D eigenvalue weighted by atomic mass is 35.5. The summed E-state index contributed by atoms with van der Waals surface area (Å²) in [5, 5.41) is 4.29. The van der Waals surface area contributed by atoms with Crippen LogP contribution in [-0.4, -0.2) is 6.04 Å². The summed E-state index contributed by atoms with van der Waals surface area (Å²) in [5.74, 6) is 0.352. The standard InChI is InChI=1S/C17H17ClFN/c1-11-3-2-4-16(18)17(11)20-15-9-13(10-15)12-5-7-14(19)8-6-12/h2-8,13,15,20H,9-10H2,1H3. The smallest absolute Gasteiger partial charge is 0.123 e. The Morgan fingerprint density at radius 1 is 1.10 bits per heavy atom. The van der Waals surface area contributed by atoms with Crippen molar-refractivity contribution in [1.29, 1.82) is 0 Å². The molecule has 3 heteroatoms. The molecule has 1 aliphatic rings. The number of aryl methyl sites for hydroxylation is 1. The summed E-state index contributed by atoms with van der Waals surface area (Å²) in [6.45, 7) is 2.06.